The van der Waals surface area contributed by atoms with Gasteiger partial charge < -0.3 is 5.73 Å². The van der Waals surface area contributed by atoms with Crippen molar-refractivity contribution in [2.24, 2.45) is 11.1 Å². The molecule has 1 radical (unpaired) electrons. The Kier molecular flexibility index (Phi) is 6.23. The summed E-state index contributed by atoms with van der Waals surface area (Å²) in [6, 6.07) is 0. The van der Waals surface area contributed by atoms with Crippen LogP contribution in [-0.2, 0) is 14.9 Å². The molecule has 0 rings (SSSR count). The number of primary amides is 1. The summed E-state index contributed by atoms with van der Waals surface area (Å²) < 4.78 is 29.4. The summed E-state index contributed by atoms with van der Waals surface area (Å²) in [4.78, 5) is 10.8. The first-order valence-electron chi connectivity index (χ1n) is 3.53. The predicted octanol–water partition coefficient (Wildman–Crippen LogP) is -0.0913. The normalized spacial score (nSPS) is 13.3. The second-order valence-electron chi connectivity index (χ2n) is 3.66. The van der Waals surface area contributed by atoms with Crippen molar-refractivity contribution in [2.45, 2.75) is 20.8 Å². The average Bonchev–Trinajstić information content (AvgIpc) is 1.77. The fourth-order valence-corrected chi connectivity index (χ4v) is 1.52. The molecule has 0 atom stereocenters. The van der Waals surface area contributed by atoms with E-state index in [0.29, 0.717) is 5.41 Å². The van der Waals surface area contributed by atoms with Crippen molar-refractivity contribution in [3.8, 4) is 0 Å². The minimum absolute atomic E-state index is 0. The van der Waals surface area contributed by atoms with Crippen LogP contribution in [0.2, 0.25) is 0 Å². The van der Waals surface area contributed by atoms with Gasteiger partial charge in [0.2, 0.25) is 5.91 Å². The molecular formula is C7H13NNaO4S. The Labute approximate surface area is 106 Å². The van der Waals surface area contributed by atoms with Gasteiger partial charge in [-0.3, -0.25) is 9.35 Å². The van der Waals surface area contributed by atoms with E-state index < -0.39 is 21.4 Å². The summed E-state index contributed by atoms with van der Waals surface area (Å²) in [5.41, 5.74) is 4.11. The minimum atomic E-state index is -4.31. The third-order valence-corrected chi connectivity index (χ3v) is 1.87. The van der Waals surface area contributed by atoms with Gasteiger partial charge in [-0.15, -0.1) is 0 Å². The molecule has 77 valence electrons. The summed E-state index contributed by atoms with van der Waals surface area (Å²) >= 11 is 0. The Morgan fingerprint density at radius 1 is 1.36 bits per heavy atom. The number of hydrogen-bond donors (Lipinski definition) is 2. The van der Waals surface area contributed by atoms with Crippen LogP contribution in [0.3, 0.4) is 0 Å². The van der Waals surface area contributed by atoms with Crippen LogP contribution in [0, 0.1) is 5.41 Å². The molecule has 5 nitrogen and oxygen atoms in total. The first kappa shape index (κ1) is 16.5. The molecule has 0 unspecified atom stereocenters. The Balaban J connectivity index is 0. The molecular weight excluding hydrogens is 217 g/mol. The maximum atomic E-state index is 10.8. The van der Waals surface area contributed by atoms with E-state index in [1.54, 1.807) is 20.8 Å². The van der Waals surface area contributed by atoms with Gasteiger partial charge in [0.1, 0.15) is 0 Å². The van der Waals surface area contributed by atoms with Crippen LogP contribution in [-0.4, -0.2) is 48.4 Å². The van der Waals surface area contributed by atoms with Crippen molar-refractivity contribution in [1.82, 2.24) is 0 Å². The molecule has 3 N–H and O–H groups in total. The van der Waals surface area contributed by atoms with Gasteiger partial charge in [0.25, 0.3) is 10.1 Å². The average molecular weight is 230 g/mol. The monoisotopic (exact) mass is 230 g/mol. The topological polar surface area (TPSA) is 97.5 Å². The van der Waals surface area contributed by atoms with Crippen LogP contribution >= 0.6 is 0 Å². The number of hydrogen-bond acceptors (Lipinski definition) is 3. The zero-order valence-corrected chi connectivity index (χ0v) is 11.6. The van der Waals surface area contributed by atoms with E-state index in [-0.39, 0.29) is 35.1 Å². The number of carbonyl (C=O) groups is 1. The maximum Gasteiger partial charge on any atom is 0.288 e. The molecule has 14 heavy (non-hydrogen) atoms. The Morgan fingerprint density at radius 3 is 1.79 bits per heavy atom. The fourth-order valence-electron chi connectivity index (χ4n) is 0.753. The number of nitrogens with two attached hydrogens (primary N) is 1. The number of rotatable bonds is 2. The van der Waals surface area contributed by atoms with E-state index in [9.17, 15) is 13.2 Å². The third kappa shape index (κ3) is 6.56. The molecule has 7 heteroatoms. The molecule has 0 aliphatic rings. The molecule has 0 aromatic heterocycles. The molecule has 0 fully saturated rings. The predicted molar refractivity (Wildman–Crippen MR) is 54.0 cm³/mol. The largest absolute Gasteiger partial charge is 0.366 e. The first-order chi connectivity index (χ1) is 5.54. The van der Waals surface area contributed by atoms with E-state index in [0.717, 1.165) is 0 Å². The summed E-state index contributed by atoms with van der Waals surface area (Å²) in [7, 11) is -4.31. The summed E-state index contributed by atoms with van der Waals surface area (Å²) in [5, 5.41) is 0.481. The van der Waals surface area contributed by atoms with Gasteiger partial charge in [-0.2, -0.15) is 8.42 Å². The zero-order chi connectivity index (χ0) is 10.9. The maximum absolute atomic E-state index is 10.8. The summed E-state index contributed by atoms with van der Waals surface area (Å²) in [6.07, 6.45) is 0. The zero-order valence-electron chi connectivity index (χ0n) is 8.73. The minimum Gasteiger partial charge on any atom is -0.366 e. The van der Waals surface area contributed by atoms with Gasteiger partial charge >= 0.3 is 0 Å². The summed E-state index contributed by atoms with van der Waals surface area (Å²) in [6.45, 7) is 4.86. The number of carbonyl (C=O) groups excluding carboxylic acids is 1. The van der Waals surface area contributed by atoms with Gasteiger partial charge in [-0.25, -0.2) is 0 Å². The molecule has 0 aliphatic heterocycles. The second-order valence-corrected chi connectivity index (χ2v) is 4.93. The van der Waals surface area contributed by atoms with Gasteiger partial charge in [0.15, 0.2) is 0 Å². The van der Waals surface area contributed by atoms with Crippen LogP contribution in [0.1, 0.15) is 20.8 Å². The Hall–Kier alpha value is 0.120. The SMILES string of the molecule is CC(C)(C)C(=CS(=O)(=O)O)C(N)=O.[Na]. The Morgan fingerprint density at radius 2 is 1.71 bits per heavy atom. The molecule has 0 aromatic rings. The molecule has 0 heterocycles. The standard InChI is InChI=1S/C7H13NO4S.Na/c1-7(2,3)5(6(8)9)4-13(10,11)12;/h4H,1-3H3,(H2,8,9)(H,10,11,12);. The molecule has 0 saturated heterocycles. The van der Waals surface area contributed by atoms with Crippen molar-refractivity contribution >= 4 is 45.6 Å². The van der Waals surface area contributed by atoms with Crippen molar-refractivity contribution in [1.29, 1.82) is 0 Å². The number of amides is 1. The van der Waals surface area contributed by atoms with E-state index in [2.05, 4.69) is 0 Å². The van der Waals surface area contributed by atoms with Crippen molar-refractivity contribution in [2.75, 3.05) is 0 Å². The quantitative estimate of drug-likeness (QED) is 0.393. The van der Waals surface area contributed by atoms with Crippen molar-refractivity contribution in [3.63, 3.8) is 0 Å². The summed E-state index contributed by atoms with van der Waals surface area (Å²) in [5.74, 6) is -0.856. The molecule has 0 saturated carbocycles. The molecule has 0 aromatic carbocycles. The first-order valence-corrected chi connectivity index (χ1v) is 5.04. The van der Waals surface area contributed by atoms with Crippen LogP contribution in [0.15, 0.2) is 11.0 Å². The third-order valence-electron chi connectivity index (χ3n) is 1.34. The smallest absolute Gasteiger partial charge is 0.288 e. The van der Waals surface area contributed by atoms with Crippen molar-refractivity contribution in [3.05, 3.63) is 11.0 Å². The van der Waals surface area contributed by atoms with Crippen molar-refractivity contribution < 1.29 is 17.8 Å². The van der Waals surface area contributed by atoms with E-state index >= 15 is 0 Å². The van der Waals surface area contributed by atoms with Gasteiger partial charge in [-0.1, -0.05) is 20.8 Å². The molecule has 0 bridgehead atoms. The molecule has 1 amide bonds. The van der Waals surface area contributed by atoms with Crippen LogP contribution < -0.4 is 5.73 Å². The fraction of sp³-hybridized carbons (Fsp3) is 0.571. The van der Waals surface area contributed by atoms with Gasteiger partial charge in [0.05, 0.1) is 5.41 Å². The van der Waals surface area contributed by atoms with Crippen LogP contribution in [0.5, 0.6) is 0 Å². The second kappa shape index (κ2) is 5.27. The van der Waals surface area contributed by atoms with E-state index in [1.165, 1.54) is 0 Å². The van der Waals surface area contributed by atoms with Crippen LogP contribution in [0.25, 0.3) is 0 Å². The Bertz CT molecular complexity index is 339. The van der Waals surface area contributed by atoms with E-state index in [4.69, 9.17) is 10.3 Å². The molecule has 0 aliphatic carbocycles. The van der Waals surface area contributed by atoms with Gasteiger partial charge in [-0.05, 0) is 5.41 Å². The molecule has 0 spiro atoms. The van der Waals surface area contributed by atoms with Gasteiger partial charge in [0, 0.05) is 35.1 Å². The van der Waals surface area contributed by atoms with E-state index in [1.807, 2.05) is 0 Å². The van der Waals surface area contributed by atoms with Crippen LogP contribution in [0.4, 0.5) is 0 Å².